The molecule has 600 valence electrons. The van der Waals surface area contributed by atoms with Gasteiger partial charge in [0.2, 0.25) is 11.8 Å². The molecule has 23 heteroatoms. The first kappa shape index (κ1) is 93.7. The lowest BCUT2D eigenvalue weighted by atomic mass is 9.88. The lowest BCUT2D eigenvalue weighted by Gasteiger charge is -2.50. The van der Waals surface area contributed by atoms with E-state index in [1.807, 2.05) is 6.08 Å². The Morgan fingerprint density at radius 3 is 1.30 bits per heavy atom. The Morgan fingerprint density at radius 1 is 0.510 bits per heavy atom. The lowest BCUT2D eigenvalue weighted by Crippen LogP contribution is -2.70. The van der Waals surface area contributed by atoms with E-state index >= 15 is 0 Å². The lowest BCUT2D eigenvalue weighted by molar-refractivity contribution is -0.386. The number of carboxylic acid groups (broad SMARTS) is 1. The van der Waals surface area contributed by atoms with Gasteiger partial charge in [-0.3, -0.25) is 9.59 Å². The van der Waals surface area contributed by atoms with Gasteiger partial charge in [0.25, 0.3) is 5.79 Å². The molecule has 0 spiro atoms. The van der Waals surface area contributed by atoms with Crippen LogP contribution in [0.15, 0.2) is 12.2 Å². The van der Waals surface area contributed by atoms with Crippen molar-refractivity contribution < 1.29 is 104 Å². The largest absolute Gasteiger partial charge is 0.477 e. The minimum absolute atomic E-state index is 0.205. The number of unbranched alkanes of at least 4 members (excludes halogenated alkanes) is 45. The van der Waals surface area contributed by atoms with Crippen LogP contribution in [0.4, 0.5) is 0 Å². The number of aliphatic carboxylic acids is 1. The van der Waals surface area contributed by atoms with Crippen LogP contribution in [0.25, 0.3) is 0 Å². The molecule has 18 atom stereocenters. The summed E-state index contributed by atoms with van der Waals surface area (Å²) in [5.74, 6) is -6.14. The number of carbonyl (C=O) groups is 3. The zero-order valence-electron chi connectivity index (χ0n) is 63.5. The van der Waals surface area contributed by atoms with Gasteiger partial charge in [0, 0.05) is 19.8 Å². The number of carbonyl (C=O) groups excluding carboxylic acids is 2. The van der Waals surface area contributed by atoms with E-state index in [0.29, 0.717) is 12.8 Å². The predicted octanol–water partition coefficient (Wildman–Crippen LogP) is 11.0. The highest BCUT2D eigenvalue weighted by molar-refractivity contribution is 5.77. The molecule has 18 unspecified atom stereocenters. The van der Waals surface area contributed by atoms with Gasteiger partial charge in [0.05, 0.1) is 50.7 Å². The second kappa shape index (κ2) is 58.5. The summed E-state index contributed by atoms with van der Waals surface area (Å²) in [5, 5.41) is 136. The van der Waals surface area contributed by atoms with Crippen molar-refractivity contribution in [2.75, 3.05) is 26.4 Å². The van der Waals surface area contributed by atoms with Gasteiger partial charge in [0.1, 0.15) is 67.1 Å². The monoisotopic (exact) mass is 1460 g/mol. The highest BCUT2D eigenvalue weighted by Crippen LogP contribution is 2.39. The summed E-state index contributed by atoms with van der Waals surface area (Å²) < 4.78 is 34.8. The molecule has 0 bridgehead atoms. The predicted molar refractivity (Wildman–Crippen MR) is 394 cm³/mol. The number of rotatable bonds is 65. The Kier molecular flexibility index (Phi) is 53.7. The fraction of sp³-hybridized carbons (Fsp3) is 0.937. The van der Waals surface area contributed by atoms with Crippen molar-refractivity contribution in [2.24, 2.45) is 0 Å². The molecule has 14 N–H and O–H groups in total. The molecule has 3 aliphatic rings. The van der Waals surface area contributed by atoms with Crippen LogP contribution >= 0.6 is 0 Å². The third kappa shape index (κ3) is 38.5. The first-order valence-corrected chi connectivity index (χ1v) is 41.1. The Hall–Kier alpha value is -2.53. The van der Waals surface area contributed by atoms with E-state index in [9.17, 15) is 75.7 Å². The molecule has 102 heavy (non-hydrogen) atoms. The van der Waals surface area contributed by atoms with Gasteiger partial charge >= 0.3 is 5.97 Å². The van der Waals surface area contributed by atoms with Crippen molar-refractivity contribution in [3.05, 3.63) is 12.2 Å². The SMILES string of the molecule is CCCCCCCCC/C=C/C(O)C(COC1OC(CO)C(OC2OC(CO)C(O)C(OC3(C(=O)O)CC(O)C(NC(C)=O)C(C(O)C(O)CO)O3)C2O)C(O)C1O)NC(=O)CCCCCCCCCCCCCCCCCCCCCCCCCCCCCCCCCCCCCCCCC. The van der Waals surface area contributed by atoms with Crippen molar-refractivity contribution in [3.63, 3.8) is 0 Å². The molecular formula is C79H148N2O21. The fourth-order valence-electron chi connectivity index (χ4n) is 14.5. The van der Waals surface area contributed by atoms with E-state index in [1.165, 1.54) is 231 Å². The number of hydrogen-bond acceptors (Lipinski definition) is 20. The van der Waals surface area contributed by atoms with Gasteiger partial charge in [-0.2, -0.15) is 0 Å². The Bertz CT molecular complexity index is 2080. The van der Waals surface area contributed by atoms with Crippen LogP contribution in [0.2, 0.25) is 0 Å². The molecule has 23 nitrogen and oxygen atoms in total. The maximum absolute atomic E-state index is 13.5. The van der Waals surface area contributed by atoms with Crippen molar-refractivity contribution in [2.45, 2.75) is 445 Å². The van der Waals surface area contributed by atoms with Crippen LogP contribution in [0, 0.1) is 0 Å². The number of allylic oxidation sites excluding steroid dienone is 1. The van der Waals surface area contributed by atoms with E-state index in [2.05, 4.69) is 24.5 Å². The zero-order chi connectivity index (χ0) is 74.6. The summed E-state index contributed by atoms with van der Waals surface area (Å²) in [6.45, 7) is 2.12. The van der Waals surface area contributed by atoms with Crippen LogP contribution in [0.1, 0.15) is 335 Å². The molecule has 3 heterocycles. The molecule has 3 saturated heterocycles. The van der Waals surface area contributed by atoms with Crippen LogP contribution in [-0.4, -0.2) is 215 Å². The van der Waals surface area contributed by atoms with Gasteiger partial charge in [-0.05, 0) is 19.3 Å². The Labute approximate surface area is 613 Å². The molecule has 3 fully saturated rings. The molecule has 0 aromatic carbocycles. The quantitative estimate of drug-likeness (QED) is 0.0199. The standard InChI is InChI=1S/C79H148N2O21/c1-4-6-8-10-12-14-15-16-17-18-19-20-21-22-23-24-25-26-27-28-29-30-31-32-33-34-35-36-37-38-39-40-41-42-43-45-47-49-51-53-66(89)81-60(61(86)52-50-48-46-44-13-11-9-7-5-2)58-97-76-71(93)70(92)73(65(57-84)99-76)100-77-72(94)75(69(91)64(56-83)98-77)102-79(78(95)96)54-62(87)67(80-59(3)85)74(101-79)68(90)63(88)55-82/h50,52,60-65,67-77,82-84,86-88,90-94H,4-49,51,53-58H2,1-3H3,(H,80,85)(H,81,89)(H,95,96)/b52-50+. The van der Waals surface area contributed by atoms with Gasteiger partial charge in [-0.25, -0.2) is 4.79 Å². The van der Waals surface area contributed by atoms with Gasteiger partial charge < -0.3 is 100 Å². The average Bonchev–Trinajstić information content (AvgIpc) is 0.756. The van der Waals surface area contributed by atoms with Gasteiger partial charge in [-0.1, -0.05) is 309 Å². The van der Waals surface area contributed by atoms with E-state index in [-0.39, 0.29) is 12.3 Å². The summed E-state index contributed by atoms with van der Waals surface area (Å²) >= 11 is 0. The number of amides is 2. The van der Waals surface area contributed by atoms with E-state index in [1.54, 1.807) is 6.08 Å². The average molecular weight is 1460 g/mol. The Morgan fingerprint density at radius 2 is 0.912 bits per heavy atom. The first-order chi connectivity index (χ1) is 49.4. The maximum atomic E-state index is 13.5. The molecule has 2 amide bonds. The van der Waals surface area contributed by atoms with Crippen molar-refractivity contribution in [1.29, 1.82) is 0 Å². The highest BCUT2D eigenvalue weighted by atomic mass is 16.8. The zero-order valence-corrected chi connectivity index (χ0v) is 63.5. The number of aliphatic hydroxyl groups excluding tert-OH is 11. The van der Waals surface area contributed by atoms with E-state index in [0.717, 1.165) is 64.7 Å². The highest BCUT2D eigenvalue weighted by Gasteiger charge is 2.60. The number of aliphatic hydroxyl groups is 11. The van der Waals surface area contributed by atoms with Crippen LogP contribution in [-0.2, 0) is 42.8 Å². The third-order valence-electron chi connectivity index (χ3n) is 21.0. The Balaban J connectivity index is 1.35. The summed E-state index contributed by atoms with van der Waals surface area (Å²) in [5.41, 5.74) is 0. The van der Waals surface area contributed by atoms with Crippen LogP contribution < -0.4 is 10.6 Å². The minimum atomic E-state index is -3.08. The first-order valence-electron chi connectivity index (χ1n) is 41.1. The van der Waals surface area contributed by atoms with Crippen molar-refractivity contribution >= 4 is 17.8 Å². The summed E-state index contributed by atoms with van der Waals surface area (Å²) in [7, 11) is 0. The number of nitrogens with one attached hydrogen (secondary N) is 2. The topological polar surface area (TPSA) is 373 Å². The molecule has 0 aliphatic carbocycles. The third-order valence-corrected chi connectivity index (χ3v) is 21.0. The van der Waals surface area contributed by atoms with Crippen LogP contribution in [0.5, 0.6) is 0 Å². The van der Waals surface area contributed by atoms with Crippen molar-refractivity contribution in [3.8, 4) is 0 Å². The molecule has 0 aromatic heterocycles. The maximum Gasteiger partial charge on any atom is 0.364 e. The summed E-state index contributed by atoms with van der Waals surface area (Å²) in [6.07, 6.45) is 34.9. The van der Waals surface area contributed by atoms with E-state index in [4.69, 9.17) is 28.4 Å². The van der Waals surface area contributed by atoms with Gasteiger partial charge in [-0.15, -0.1) is 0 Å². The molecule has 3 rings (SSSR count). The second-order valence-electron chi connectivity index (χ2n) is 30.0. The summed E-state index contributed by atoms with van der Waals surface area (Å²) in [6, 6.07) is -2.61. The molecule has 0 radical (unpaired) electrons. The normalized spacial score (nSPS) is 26.7. The number of carboxylic acids is 1. The number of ether oxygens (including phenoxy) is 6. The summed E-state index contributed by atoms with van der Waals surface area (Å²) in [4.78, 5) is 38.5. The van der Waals surface area contributed by atoms with Crippen LogP contribution in [0.3, 0.4) is 0 Å². The number of hydrogen-bond donors (Lipinski definition) is 14. The van der Waals surface area contributed by atoms with E-state index < -0.39 is 155 Å². The second-order valence-corrected chi connectivity index (χ2v) is 30.0. The minimum Gasteiger partial charge on any atom is -0.477 e. The smallest absolute Gasteiger partial charge is 0.364 e. The molecule has 3 aliphatic heterocycles. The molecular weight excluding hydrogens is 1310 g/mol. The van der Waals surface area contributed by atoms with Gasteiger partial charge in [0.15, 0.2) is 12.6 Å². The van der Waals surface area contributed by atoms with Crippen molar-refractivity contribution in [1.82, 2.24) is 10.6 Å². The fourth-order valence-corrected chi connectivity index (χ4v) is 14.5. The molecule has 0 aromatic rings. The molecule has 0 saturated carbocycles.